The Labute approximate surface area is 226 Å². The van der Waals surface area contributed by atoms with Crippen LogP contribution in [-0.4, -0.2) is 62.2 Å². The molecule has 5 rings (SSSR count). The average Bonchev–Trinajstić information content (AvgIpc) is 3.46. The molecule has 4 atom stereocenters. The molecule has 4 N–H and O–H groups in total. The molecule has 9 nitrogen and oxygen atoms in total. The molecule has 0 spiro atoms. The second kappa shape index (κ2) is 9.51. The number of benzene rings is 2. The Morgan fingerprint density at radius 1 is 1.10 bits per heavy atom. The van der Waals surface area contributed by atoms with Crippen molar-refractivity contribution in [3.05, 3.63) is 73.3 Å². The lowest BCUT2D eigenvalue weighted by Crippen LogP contribution is -2.71. The lowest BCUT2D eigenvalue weighted by Gasteiger charge is -2.47. The van der Waals surface area contributed by atoms with Crippen molar-refractivity contribution in [2.45, 2.75) is 49.6 Å². The van der Waals surface area contributed by atoms with Crippen LogP contribution in [0.2, 0.25) is 5.04 Å². The van der Waals surface area contributed by atoms with E-state index in [9.17, 15) is 10.2 Å². The fraction of sp³-hybridized carbons (Fsp3) is 0.321. The number of fused-ring (bicyclic) bond motifs is 1. The Bertz CT molecular complexity index is 1480. The highest BCUT2D eigenvalue weighted by molar-refractivity contribution is 6.99. The quantitative estimate of drug-likeness (QED) is 0.247. The van der Waals surface area contributed by atoms with E-state index in [2.05, 4.69) is 20.9 Å². The second-order valence-corrected chi connectivity index (χ2v) is 14.9. The highest BCUT2D eigenvalue weighted by Gasteiger charge is 2.69. The third kappa shape index (κ3) is 4.03. The lowest BCUT2D eigenvalue weighted by molar-refractivity contribution is -0.203. The predicted molar refractivity (Wildman–Crippen MR) is 147 cm³/mol. The molecule has 0 bridgehead atoms. The summed E-state index contributed by atoms with van der Waals surface area (Å²) in [5.74, 6) is -0.461. The molecule has 0 radical (unpaired) electrons. The van der Waals surface area contributed by atoms with Crippen LogP contribution in [0.15, 0.2) is 73.3 Å². The largest absolute Gasteiger partial charge is 0.395 e. The Morgan fingerprint density at radius 3 is 2.21 bits per heavy atom. The maximum atomic E-state index is 16.7. The second-order valence-electron chi connectivity index (χ2n) is 10.6. The van der Waals surface area contributed by atoms with Crippen LogP contribution in [0.3, 0.4) is 0 Å². The van der Waals surface area contributed by atoms with E-state index in [4.69, 9.17) is 21.3 Å². The zero-order valence-corrected chi connectivity index (χ0v) is 22.8. The van der Waals surface area contributed by atoms with E-state index in [1.54, 1.807) is 0 Å². The maximum Gasteiger partial charge on any atom is 0.263 e. The summed E-state index contributed by atoms with van der Waals surface area (Å²) in [5.41, 5.74) is 3.94. The van der Waals surface area contributed by atoms with Gasteiger partial charge in [0.15, 0.2) is 23.8 Å². The molecule has 0 saturated carbocycles. The zero-order valence-electron chi connectivity index (χ0n) is 21.8. The van der Waals surface area contributed by atoms with E-state index in [0.717, 1.165) is 10.4 Å². The number of halogens is 1. The van der Waals surface area contributed by atoms with Gasteiger partial charge in [-0.1, -0.05) is 87.4 Å². The molecule has 1 saturated heterocycles. The average molecular weight is 548 g/mol. The van der Waals surface area contributed by atoms with Crippen molar-refractivity contribution in [1.29, 1.82) is 0 Å². The number of terminal acetylenes is 1. The number of aliphatic hydroxyl groups is 2. The Hall–Kier alpha value is -3.66. The van der Waals surface area contributed by atoms with Crippen LogP contribution in [0, 0.1) is 12.3 Å². The number of aliphatic hydroxyl groups excluding tert-OH is 1. The minimum atomic E-state index is -3.46. The third-order valence-electron chi connectivity index (χ3n) is 7.27. The van der Waals surface area contributed by atoms with Gasteiger partial charge >= 0.3 is 0 Å². The minimum Gasteiger partial charge on any atom is -0.395 e. The Morgan fingerprint density at radius 2 is 1.69 bits per heavy atom. The number of hydrogen-bond donors (Lipinski definition) is 3. The molecule has 39 heavy (non-hydrogen) atoms. The van der Waals surface area contributed by atoms with E-state index in [1.165, 1.54) is 17.2 Å². The molecule has 11 heteroatoms. The van der Waals surface area contributed by atoms with Crippen LogP contribution in [-0.2, 0) is 9.16 Å². The number of ether oxygens (including phenoxy) is 1. The van der Waals surface area contributed by atoms with Gasteiger partial charge in [-0.25, -0.2) is 19.3 Å². The van der Waals surface area contributed by atoms with Crippen molar-refractivity contribution in [2.75, 3.05) is 12.3 Å². The van der Waals surface area contributed by atoms with Crippen LogP contribution < -0.4 is 16.1 Å². The van der Waals surface area contributed by atoms with E-state index < -0.39 is 43.8 Å². The number of imidazole rings is 1. The van der Waals surface area contributed by atoms with Gasteiger partial charge in [0.1, 0.15) is 18.5 Å². The van der Waals surface area contributed by atoms with Crippen molar-refractivity contribution in [2.24, 2.45) is 0 Å². The number of anilines is 1. The van der Waals surface area contributed by atoms with Gasteiger partial charge in [-0.15, -0.1) is 6.42 Å². The predicted octanol–water partition coefficient (Wildman–Crippen LogP) is 1.90. The summed E-state index contributed by atoms with van der Waals surface area (Å²) in [6.07, 6.45) is 5.07. The highest BCUT2D eigenvalue weighted by Crippen LogP contribution is 2.50. The molecule has 202 valence electrons. The summed E-state index contributed by atoms with van der Waals surface area (Å²) in [4.78, 5) is 12.3. The first-order valence-electron chi connectivity index (χ1n) is 12.4. The maximum absolute atomic E-state index is 16.7. The molecular formula is C28H30FN5O4Si. The fourth-order valence-corrected chi connectivity index (χ4v) is 10.1. The van der Waals surface area contributed by atoms with E-state index >= 15 is 4.39 Å². The molecule has 0 unspecified atom stereocenters. The number of aromatic nitrogens is 4. The number of nitrogen functional groups attached to an aromatic ring is 1. The summed E-state index contributed by atoms with van der Waals surface area (Å²) in [5, 5.41) is 23.5. The molecule has 1 aliphatic heterocycles. The SMILES string of the molecule is C#C[C@]1(O)[C@H](n2cnc3c(N)ncnc32)O[C@](F)(CO)[C@H]1O[Si](c1ccccc1)(c1ccccc1)C(C)(C)C. The molecule has 2 aromatic carbocycles. The third-order valence-corrected chi connectivity index (χ3v) is 12.3. The van der Waals surface area contributed by atoms with Gasteiger partial charge in [0, 0.05) is 0 Å². The van der Waals surface area contributed by atoms with Crippen LogP contribution in [0.1, 0.15) is 27.0 Å². The summed E-state index contributed by atoms with van der Waals surface area (Å²) in [6.45, 7) is 4.89. The summed E-state index contributed by atoms with van der Waals surface area (Å²) in [7, 11) is -3.46. The van der Waals surface area contributed by atoms with Gasteiger partial charge in [0.05, 0.1) is 6.33 Å². The summed E-state index contributed by atoms with van der Waals surface area (Å²) >= 11 is 0. The van der Waals surface area contributed by atoms with Crippen molar-refractivity contribution >= 4 is 35.7 Å². The first-order chi connectivity index (χ1) is 18.5. The molecule has 0 aliphatic carbocycles. The summed E-state index contributed by atoms with van der Waals surface area (Å²) < 4.78 is 30.7. The van der Waals surface area contributed by atoms with Gasteiger partial charge in [0.2, 0.25) is 5.60 Å². The molecule has 3 heterocycles. The van der Waals surface area contributed by atoms with Gasteiger partial charge in [0.25, 0.3) is 14.2 Å². The Balaban J connectivity index is 1.73. The topological polar surface area (TPSA) is 129 Å². The smallest absolute Gasteiger partial charge is 0.263 e. The molecule has 2 aromatic heterocycles. The molecule has 4 aromatic rings. The van der Waals surface area contributed by atoms with Crippen molar-refractivity contribution in [1.82, 2.24) is 19.5 Å². The number of nitrogens with two attached hydrogens (primary N) is 1. The molecule has 1 aliphatic rings. The molecular weight excluding hydrogens is 517 g/mol. The van der Waals surface area contributed by atoms with Gasteiger partial charge < -0.3 is 25.1 Å². The Kier molecular flexibility index (Phi) is 6.57. The minimum absolute atomic E-state index is 0.0924. The van der Waals surface area contributed by atoms with Crippen molar-refractivity contribution in [3.63, 3.8) is 0 Å². The fourth-order valence-electron chi connectivity index (χ4n) is 5.42. The van der Waals surface area contributed by atoms with Crippen molar-refractivity contribution < 1.29 is 23.8 Å². The number of hydrogen-bond acceptors (Lipinski definition) is 8. The van der Waals surface area contributed by atoms with Crippen LogP contribution in [0.25, 0.3) is 11.2 Å². The van der Waals surface area contributed by atoms with Gasteiger partial charge in [-0.05, 0) is 15.4 Å². The first-order valence-corrected chi connectivity index (χ1v) is 14.3. The van der Waals surface area contributed by atoms with Gasteiger partial charge in [-0.2, -0.15) is 0 Å². The zero-order chi connectivity index (χ0) is 28.1. The van der Waals surface area contributed by atoms with E-state index in [-0.39, 0.29) is 17.0 Å². The van der Waals surface area contributed by atoms with Crippen molar-refractivity contribution in [3.8, 4) is 12.3 Å². The molecule has 0 amide bonds. The van der Waals surface area contributed by atoms with Crippen LogP contribution >= 0.6 is 0 Å². The van der Waals surface area contributed by atoms with E-state index in [0.29, 0.717) is 0 Å². The van der Waals surface area contributed by atoms with Crippen LogP contribution in [0.5, 0.6) is 0 Å². The summed E-state index contributed by atoms with van der Waals surface area (Å²) in [6, 6.07) is 19.0. The lowest BCUT2D eigenvalue weighted by atomic mass is 9.94. The van der Waals surface area contributed by atoms with Crippen LogP contribution in [0.4, 0.5) is 10.2 Å². The van der Waals surface area contributed by atoms with E-state index in [1.807, 2.05) is 81.4 Å². The standard InChI is InChI=1S/C28H30FN5O4Si/c1-5-27(36)24(28(29,16-35)37-25(27)34-18-33-21-22(30)31-17-32-23(21)34)38-39(26(2,3)4,19-12-8-6-9-13-19)20-14-10-7-11-15-20/h1,6-15,17-18,24-25,35-36H,16H2,2-4H3,(H2,30,31,32)/t24-,25+,27+,28+/m0/s1. The number of nitrogens with zero attached hydrogens (tertiary/aromatic N) is 4. The molecule has 1 fully saturated rings. The monoisotopic (exact) mass is 547 g/mol. The number of alkyl halides is 1. The normalized spacial score (nSPS) is 25.6. The van der Waals surface area contributed by atoms with Gasteiger partial charge in [-0.3, -0.25) is 4.57 Å². The highest BCUT2D eigenvalue weighted by atomic mass is 28.4. The number of rotatable bonds is 6. The first kappa shape index (κ1) is 26.9.